The zero-order valence-electron chi connectivity index (χ0n) is 11.5. The molecule has 1 amide bonds. The van der Waals surface area contributed by atoms with Gasteiger partial charge in [-0.15, -0.1) is 0 Å². The minimum Gasteiger partial charge on any atom is -0.354 e. The van der Waals surface area contributed by atoms with Gasteiger partial charge in [-0.2, -0.15) is 0 Å². The number of carbonyl (C=O) groups excluding carboxylic acids is 1. The first-order chi connectivity index (χ1) is 9.90. The van der Waals surface area contributed by atoms with Gasteiger partial charge in [-0.1, -0.05) is 23.7 Å². The Hall–Kier alpha value is -1.20. The van der Waals surface area contributed by atoms with Crippen molar-refractivity contribution in [1.29, 1.82) is 0 Å². The van der Waals surface area contributed by atoms with Gasteiger partial charge < -0.3 is 5.32 Å². The van der Waals surface area contributed by atoms with Crippen LogP contribution in [-0.2, 0) is 10.2 Å². The van der Waals surface area contributed by atoms with Crippen molar-refractivity contribution in [2.75, 3.05) is 13.1 Å². The molecule has 1 aromatic carbocycles. The number of hydrogen-bond donors (Lipinski definition) is 2. The van der Waals surface area contributed by atoms with E-state index in [1.165, 1.54) is 0 Å². The lowest BCUT2D eigenvalue weighted by Gasteiger charge is -2.18. The molecule has 1 aliphatic heterocycles. The lowest BCUT2D eigenvalue weighted by Crippen LogP contribution is -2.43. The van der Waals surface area contributed by atoms with Gasteiger partial charge in [-0.25, -0.2) is 8.78 Å². The summed E-state index contributed by atoms with van der Waals surface area (Å²) >= 11 is 5.87. The van der Waals surface area contributed by atoms with Gasteiger partial charge in [0.05, 0.1) is 12.6 Å². The maximum absolute atomic E-state index is 13.1. The minimum atomic E-state index is -2.78. The van der Waals surface area contributed by atoms with Crippen LogP contribution in [-0.4, -0.2) is 31.0 Å². The first-order valence-electron chi connectivity index (χ1n) is 7.05. The number of carbonyl (C=O) groups is 1. The van der Waals surface area contributed by atoms with Crippen molar-refractivity contribution in [2.45, 2.75) is 36.6 Å². The summed E-state index contributed by atoms with van der Waals surface area (Å²) < 4.78 is 26.2. The van der Waals surface area contributed by atoms with Gasteiger partial charge >= 0.3 is 0 Å². The largest absolute Gasteiger partial charge is 0.354 e. The monoisotopic (exact) mass is 314 g/mol. The molecule has 0 bridgehead atoms. The maximum atomic E-state index is 13.1. The molecule has 0 radical (unpaired) electrons. The van der Waals surface area contributed by atoms with E-state index >= 15 is 0 Å². The van der Waals surface area contributed by atoms with E-state index in [2.05, 4.69) is 10.6 Å². The van der Waals surface area contributed by atoms with Crippen LogP contribution in [0.3, 0.4) is 0 Å². The number of rotatable bonds is 4. The molecule has 0 spiro atoms. The van der Waals surface area contributed by atoms with Gasteiger partial charge in [0.1, 0.15) is 0 Å². The summed E-state index contributed by atoms with van der Waals surface area (Å²) in [7, 11) is 0. The molecule has 1 saturated heterocycles. The molecule has 6 heteroatoms. The second-order valence-electron chi connectivity index (χ2n) is 6.00. The first-order valence-corrected chi connectivity index (χ1v) is 7.43. The van der Waals surface area contributed by atoms with Crippen molar-refractivity contribution in [2.24, 2.45) is 0 Å². The van der Waals surface area contributed by atoms with Crippen LogP contribution in [0.1, 0.15) is 24.8 Å². The topological polar surface area (TPSA) is 41.1 Å². The Morgan fingerprint density at radius 3 is 2.52 bits per heavy atom. The van der Waals surface area contributed by atoms with Crippen LogP contribution >= 0.6 is 11.6 Å². The highest BCUT2D eigenvalue weighted by Crippen LogP contribution is 2.47. The van der Waals surface area contributed by atoms with Gasteiger partial charge in [0.2, 0.25) is 5.91 Å². The number of halogens is 3. The van der Waals surface area contributed by atoms with E-state index in [4.69, 9.17) is 11.6 Å². The predicted octanol–water partition coefficient (Wildman–Crippen LogP) is 2.49. The molecule has 21 heavy (non-hydrogen) atoms. The fourth-order valence-corrected chi connectivity index (χ4v) is 2.93. The fraction of sp³-hybridized carbons (Fsp3) is 0.533. The highest BCUT2D eigenvalue weighted by molar-refractivity contribution is 6.30. The molecule has 2 fully saturated rings. The summed E-state index contributed by atoms with van der Waals surface area (Å²) in [5, 5.41) is 6.06. The van der Waals surface area contributed by atoms with Crippen LogP contribution in [0, 0.1) is 0 Å². The molecule has 0 aromatic heterocycles. The quantitative estimate of drug-likeness (QED) is 0.896. The Labute approximate surface area is 127 Å². The number of amides is 1. The van der Waals surface area contributed by atoms with E-state index < -0.39 is 24.9 Å². The van der Waals surface area contributed by atoms with Crippen molar-refractivity contribution in [3.8, 4) is 0 Å². The summed E-state index contributed by atoms with van der Waals surface area (Å²) in [6, 6.07) is 6.80. The van der Waals surface area contributed by atoms with Gasteiger partial charge in [0.15, 0.2) is 0 Å². The highest BCUT2D eigenvalue weighted by atomic mass is 35.5. The van der Waals surface area contributed by atoms with E-state index in [1.807, 2.05) is 24.3 Å². The van der Waals surface area contributed by atoms with Gasteiger partial charge in [-0.05, 0) is 30.5 Å². The SMILES string of the molecule is O=C(NCC1(c2ccc(Cl)cc2)CC1)C1CC(F)(F)CN1. The van der Waals surface area contributed by atoms with Crippen LogP contribution < -0.4 is 10.6 Å². The van der Waals surface area contributed by atoms with Crippen LogP contribution in [0.25, 0.3) is 0 Å². The number of alkyl halides is 2. The molecule has 114 valence electrons. The minimum absolute atomic E-state index is 0.0542. The molecule has 1 atom stereocenters. The number of hydrogen-bond acceptors (Lipinski definition) is 2. The molecule has 1 aromatic rings. The molecule has 1 heterocycles. The molecule has 2 N–H and O–H groups in total. The van der Waals surface area contributed by atoms with E-state index in [-0.39, 0.29) is 11.3 Å². The Bertz CT molecular complexity index is 543. The first kappa shape index (κ1) is 14.7. The van der Waals surface area contributed by atoms with Crippen LogP contribution in [0.2, 0.25) is 5.02 Å². The molecule has 1 saturated carbocycles. The van der Waals surface area contributed by atoms with Crippen molar-refractivity contribution in [1.82, 2.24) is 10.6 Å². The lowest BCUT2D eigenvalue weighted by molar-refractivity contribution is -0.123. The second-order valence-corrected chi connectivity index (χ2v) is 6.44. The number of nitrogens with one attached hydrogen (secondary N) is 2. The predicted molar refractivity (Wildman–Crippen MR) is 76.7 cm³/mol. The fourth-order valence-electron chi connectivity index (χ4n) is 2.80. The third kappa shape index (κ3) is 3.19. The molecular weight excluding hydrogens is 298 g/mol. The van der Waals surface area contributed by atoms with Gasteiger partial charge in [-0.3, -0.25) is 10.1 Å². The normalized spacial score (nSPS) is 25.6. The molecule has 2 aliphatic rings. The van der Waals surface area contributed by atoms with Crippen molar-refractivity contribution in [3.63, 3.8) is 0 Å². The van der Waals surface area contributed by atoms with Crippen molar-refractivity contribution < 1.29 is 13.6 Å². The Kier molecular flexibility index (Phi) is 3.66. The maximum Gasteiger partial charge on any atom is 0.262 e. The van der Waals surface area contributed by atoms with Crippen molar-refractivity contribution >= 4 is 17.5 Å². The van der Waals surface area contributed by atoms with Gasteiger partial charge in [0, 0.05) is 23.4 Å². The van der Waals surface area contributed by atoms with Crippen molar-refractivity contribution in [3.05, 3.63) is 34.9 Å². The Morgan fingerprint density at radius 2 is 2.00 bits per heavy atom. The van der Waals surface area contributed by atoms with Crippen LogP contribution in [0.15, 0.2) is 24.3 Å². The average molecular weight is 315 g/mol. The van der Waals surface area contributed by atoms with E-state index in [0.717, 1.165) is 18.4 Å². The average Bonchev–Trinajstić information content (AvgIpc) is 3.14. The Morgan fingerprint density at radius 1 is 1.33 bits per heavy atom. The number of benzene rings is 1. The molecular formula is C15H17ClF2N2O. The highest BCUT2D eigenvalue weighted by Gasteiger charge is 2.46. The lowest BCUT2D eigenvalue weighted by atomic mass is 9.96. The second kappa shape index (κ2) is 5.21. The summed E-state index contributed by atoms with van der Waals surface area (Å²) in [4.78, 5) is 12.0. The third-order valence-electron chi connectivity index (χ3n) is 4.34. The molecule has 1 aliphatic carbocycles. The summed E-state index contributed by atoms with van der Waals surface area (Å²) in [6.45, 7) is 0.0601. The van der Waals surface area contributed by atoms with E-state index in [0.29, 0.717) is 11.6 Å². The molecule has 3 rings (SSSR count). The third-order valence-corrected chi connectivity index (χ3v) is 4.59. The van der Waals surface area contributed by atoms with E-state index in [1.54, 1.807) is 0 Å². The standard InChI is InChI=1S/C15H17ClF2N2O/c16-11-3-1-10(2-4-11)14(5-6-14)8-20-13(21)12-7-15(17,18)9-19-12/h1-4,12,19H,5-9H2,(H,20,21). The smallest absolute Gasteiger partial charge is 0.262 e. The van der Waals surface area contributed by atoms with Crippen LogP contribution in [0.5, 0.6) is 0 Å². The zero-order valence-corrected chi connectivity index (χ0v) is 12.2. The Balaban J connectivity index is 1.58. The van der Waals surface area contributed by atoms with Gasteiger partial charge in [0.25, 0.3) is 5.92 Å². The zero-order chi connectivity index (χ0) is 15.1. The molecule has 1 unspecified atom stereocenters. The summed E-state index contributed by atoms with van der Waals surface area (Å²) in [5.74, 6) is -3.12. The van der Waals surface area contributed by atoms with E-state index in [9.17, 15) is 13.6 Å². The van der Waals surface area contributed by atoms with Crippen LogP contribution in [0.4, 0.5) is 8.78 Å². The molecule has 3 nitrogen and oxygen atoms in total. The summed E-state index contributed by atoms with van der Waals surface area (Å²) in [6.07, 6.45) is 1.55. The summed E-state index contributed by atoms with van der Waals surface area (Å²) in [5.41, 5.74) is 1.08.